The SMILES string of the molecule is CC(C)(CO)C(NCc1cccs1)c1ccccc1. The molecule has 0 fully saturated rings. The maximum absolute atomic E-state index is 9.65. The Balaban J connectivity index is 2.15. The van der Waals surface area contributed by atoms with Crippen molar-refractivity contribution < 1.29 is 5.11 Å². The van der Waals surface area contributed by atoms with Gasteiger partial charge in [-0.1, -0.05) is 50.2 Å². The van der Waals surface area contributed by atoms with Crippen LogP contribution < -0.4 is 5.32 Å². The second-order valence-electron chi connectivity index (χ2n) is 5.45. The van der Waals surface area contributed by atoms with Crippen LogP contribution >= 0.6 is 11.3 Å². The molecule has 1 atom stereocenters. The molecule has 1 heterocycles. The monoisotopic (exact) mass is 275 g/mol. The van der Waals surface area contributed by atoms with E-state index in [0.29, 0.717) is 0 Å². The normalized spacial score (nSPS) is 13.4. The van der Waals surface area contributed by atoms with E-state index in [1.54, 1.807) is 11.3 Å². The molecule has 1 unspecified atom stereocenters. The second kappa shape index (κ2) is 6.33. The molecular formula is C16H21NOS. The van der Waals surface area contributed by atoms with Crippen LogP contribution in [0, 0.1) is 5.41 Å². The van der Waals surface area contributed by atoms with Crippen molar-refractivity contribution in [3.05, 3.63) is 58.3 Å². The molecule has 0 bridgehead atoms. The predicted octanol–water partition coefficient (Wildman–Crippen LogP) is 3.60. The lowest BCUT2D eigenvalue weighted by Gasteiger charge is -2.34. The minimum atomic E-state index is -0.196. The van der Waals surface area contributed by atoms with Crippen LogP contribution in [0.4, 0.5) is 0 Å². The summed E-state index contributed by atoms with van der Waals surface area (Å²) in [5, 5.41) is 15.3. The number of benzene rings is 1. The summed E-state index contributed by atoms with van der Waals surface area (Å²) in [5.74, 6) is 0. The molecule has 0 spiro atoms. The first-order valence-corrected chi connectivity index (χ1v) is 7.43. The maximum atomic E-state index is 9.65. The van der Waals surface area contributed by atoms with Gasteiger partial charge < -0.3 is 10.4 Å². The van der Waals surface area contributed by atoms with E-state index in [1.807, 2.05) is 18.2 Å². The molecule has 1 aromatic heterocycles. The van der Waals surface area contributed by atoms with Crippen LogP contribution in [-0.2, 0) is 6.54 Å². The number of aliphatic hydroxyl groups is 1. The highest BCUT2D eigenvalue weighted by Gasteiger charge is 2.29. The van der Waals surface area contributed by atoms with Gasteiger partial charge in [-0.25, -0.2) is 0 Å². The fraction of sp³-hybridized carbons (Fsp3) is 0.375. The Morgan fingerprint density at radius 3 is 2.47 bits per heavy atom. The largest absolute Gasteiger partial charge is 0.396 e. The molecule has 102 valence electrons. The Bertz CT molecular complexity index is 479. The summed E-state index contributed by atoms with van der Waals surface area (Å²) < 4.78 is 0. The first kappa shape index (κ1) is 14.3. The van der Waals surface area contributed by atoms with Crippen LogP contribution in [-0.4, -0.2) is 11.7 Å². The summed E-state index contributed by atoms with van der Waals surface area (Å²) in [5.41, 5.74) is 1.02. The lowest BCUT2D eigenvalue weighted by Crippen LogP contribution is -2.36. The van der Waals surface area contributed by atoms with Crippen molar-refractivity contribution in [1.29, 1.82) is 0 Å². The lowest BCUT2D eigenvalue weighted by molar-refractivity contribution is 0.115. The van der Waals surface area contributed by atoms with Gasteiger partial charge in [0.1, 0.15) is 0 Å². The fourth-order valence-electron chi connectivity index (χ4n) is 2.20. The van der Waals surface area contributed by atoms with Gasteiger partial charge >= 0.3 is 0 Å². The van der Waals surface area contributed by atoms with Gasteiger partial charge in [0.15, 0.2) is 0 Å². The summed E-state index contributed by atoms with van der Waals surface area (Å²) in [7, 11) is 0. The van der Waals surface area contributed by atoms with E-state index in [0.717, 1.165) is 6.54 Å². The molecule has 3 heteroatoms. The molecule has 0 aliphatic carbocycles. The second-order valence-corrected chi connectivity index (χ2v) is 6.48. The smallest absolute Gasteiger partial charge is 0.0500 e. The minimum Gasteiger partial charge on any atom is -0.396 e. The first-order valence-electron chi connectivity index (χ1n) is 6.55. The summed E-state index contributed by atoms with van der Waals surface area (Å²) in [4.78, 5) is 1.31. The first-order chi connectivity index (χ1) is 9.13. The van der Waals surface area contributed by atoms with Crippen molar-refractivity contribution in [2.75, 3.05) is 6.61 Å². The molecule has 0 saturated heterocycles. The van der Waals surface area contributed by atoms with E-state index in [9.17, 15) is 5.11 Å². The van der Waals surface area contributed by atoms with E-state index in [-0.39, 0.29) is 18.1 Å². The molecule has 0 aliphatic heterocycles. The number of nitrogens with one attached hydrogen (secondary N) is 1. The number of aliphatic hydroxyl groups excluding tert-OH is 1. The lowest BCUT2D eigenvalue weighted by atomic mass is 9.81. The van der Waals surface area contributed by atoms with Gasteiger partial charge in [-0.3, -0.25) is 0 Å². The fourth-order valence-corrected chi connectivity index (χ4v) is 2.85. The summed E-state index contributed by atoms with van der Waals surface area (Å²) in [6.45, 7) is 5.17. The third-order valence-corrected chi connectivity index (χ3v) is 4.26. The number of hydrogen-bond acceptors (Lipinski definition) is 3. The highest BCUT2D eigenvalue weighted by Crippen LogP contribution is 2.33. The van der Waals surface area contributed by atoms with E-state index < -0.39 is 0 Å². The van der Waals surface area contributed by atoms with Crippen molar-refractivity contribution in [2.45, 2.75) is 26.4 Å². The van der Waals surface area contributed by atoms with Crippen LogP contribution in [0.1, 0.15) is 30.3 Å². The molecule has 19 heavy (non-hydrogen) atoms. The quantitative estimate of drug-likeness (QED) is 0.844. The van der Waals surface area contributed by atoms with Crippen molar-refractivity contribution in [3.8, 4) is 0 Å². The van der Waals surface area contributed by atoms with Gasteiger partial charge in [0.05, 0.1) is 0 Å². The highest BCUT2D eigenvalue weighted by atomic mass is 32.1. The maximum Gasteiger partial charge on any atom is 0.0500 e. The molecular weight excluding hydrogens is 254 g/mol. The van der Waals surface area contributed by atoms with Gasteiger partial charge in [-0.05, 0) is 17.0 Å². The predicted molar refractivity (Wildman–Crippen MR) is 81.2 cm³/mol. The average molecular weight is 275 g/mol. The van der Waals surface area contributed by atoms with Crippen molar-refractivity contribution in [1.82, 2.24) is 5.32 Å². The summed E-state index contributed by atoms with van der Waals surface area (Å²) in [6.07, 6.45) is 0. The Kier molecular flexibility index (Phi) is 4.75. The van der Waals surface area contributed by atoms with E-state index in [4.69, 9.17) is 0 Å². The van der Waals surface area contributed by atoms with Crippen molar-refractivity contribution in [3.63, 3.8) is 0 Å². The van der Waals surface area contributed by atoms with Crippen LogP contribution in [0.2, 0.25) is 0 Å². The number of hydrogen-bond donors (Lipinski definition) is 2. The van der Waals surface area contributed by atoms with Crippen LogP contribution in [0.25, 0.3) is 0 Å². The van der Waals surface area contributed by atoms with Gasteiger partial charge in [0.25, 0.3) is 0 Å². The van der Waals surface area contributed by atoms with E-state index >= 15 is 0 Å². The van der Waals surface area contributed by atoms with Crippen molar-refractivity contribution in [2.24, 2.45) is 5.41 Å². The summed E-state index contributed by atoms with van der Waals surface area (Å²) >= 11 is 1.75. The zero-order chi connectivity index (χ0) is 13.7. The zero-order valence-electron chi connectivity index (χ0n) is 11.5. The average Bonchev–Trinajstić information content (AvgIpc) is 2.93. The molecule has 0 amide bonds. The van der Waals surface area contributed by atoms with E-state index in [2.05, 4.69) is 48.8 Å². The molecule has 0 aliphatic rings. The number of thiophene rings is 1. The van der Waals surface area contributed by atoms with Gasteiger partial charge in [0, 0.05) is 29.5 Å². The van der Waals surface area contributed by atoms with Gasteiger partial charge in [-0.2, -0.15) is 0 Å². The Morgan fingerprint density at radius 1 is 1.16 bits per heavy atom. The topological polar surface area (TPSA) is 32.3 Å². The zero-order valence-corrected chi connectivity index (χ0v) is 12.3. The van der Waals surface area contributed by atoms with Crippen LogP contribution in [0.15, 0.2) is 47.8 Å². The number of rotatable bonds is 6. The molecule has 0 radical (unpaired) electrons. The minimum absolute atomic E-state index is 0.140. The molecule has 1 aromatic carbocycles. The Hall–Kier alpha value is -1.16. The molecule has 0 saturated carbocycles. The highest BCUT2D eigenvalue weighted by molar-refractivity contribution is 7.09. The van der Waals surface area contributed by atoms with Crippen LogP contribution in [0.5, 0.6) is 0 Å². The molecule has 2 N–H and O–H groups in total. The van der Waals surface area contributed by atoms with Crippen LogP contribution in [0.3, 0.4) is 0 Å². The third-order valence-electron chi connectivity index (χ3n) is 3.38. The Labute approximate surface area is 119 Å². The molecule has 2 rings (SSSR count). The van der Waals surface area contributed by atoms with Gasteiger partial charge in [0.2, 0.25) is 0 Å². The molecule has 2 nitrogen and oxygen atoms in total. The standard InChI is InChI=1S/C16H21NOS/c1-16(2,12-18)15(13-7-4-3-5-8-13)17-11-14-9-6-10-19-14/h3-10,15,17-18H,11-12H2,1-2H3. The van der Waals surface area contributed by atoms with Gasteiger partial charge in [-0.15, -0.1) is 11.3 Å². The Morgan fingerprint density at radius 2 is 1.89 bits per heavy atom. The third kappa shape index (κ3) is 3.66. The van der Waals surface area contributed by atoms with E-state index in [1.165, 1.54) is 10.4 Å². The summed E-state index contributed by atoms with van der Waals surface area (Å²) in [6, 6.07) is 14.7. The van der Waals surface area contributed by atoms with Crippen molar-refractivity contribution >= 4 is 11.3 Å². The molecule has 2 aromatic rings.